The largest absolute Gasteiger partial charge is 0.491 e. The summed E-state index contributed by atoms with van der Waals surface area (Å²) in [6, 6.07) is 16.3. The number of aromatic nitrogens is 2. The van der Waals surface area contributed by atoms with Crippen LogP contribution in [0.15, 0.2) is 58.0 Å². The maximum absolute atomic E-state index is 10.0. The molecule has 0 spiro atoms. The molecule has 0 radical (unpaired) electrons. The number of aliphatic hydroxyl groups is 1. The molecule has 0 aliphatic heterocycles. The van der Waals surface area contributed by atoms with E-state index in [4.69, 9.17) is 38.2 Å². The number of ether oxygens (including phenoxy) is 1. The molecule has 0 fully saturated rings. The lowest BCUT2D eigenvalue weighted by atomic mass is 10.00. The Balaban J connectivity index is 1.66. The van der Waals surface area contributed by atoms with Crippen molar-refractivity contribution in [3.8, 4) is 34.4 Å². The number of rotatable bonds is 8. The lowest BCUT2D eigenvalue weighted by Crippen LogP contribution is -2.02. The number of hydrogen-bond acceptors (Lipinski definition) is 8. The summed E-state index contributed by atoms with van der Waals surface area (Å²) in [5.74, 6) is 2.11. The first-order valence-electron chi connectivity index (χ1n) is 10.7. The van der Waals surface area contributed by atoms with Gasteiger partial charge in [-0.05, 0) is 48.9 Å². The number of nitrogen functional groups attached to an aromatic ring is 1. The molecule has 3 N–H and O–H groups in total. The number of anilines is 1. The van der Waals surface area contributed by atoms with Crippen LogP contribution in [0.1, 0.15) is 17.0 Å². The zero-order chi connectivity index (χ0) is 25.7. The summed E-state index contributed by atoms with van der Waals surface area (Å²) in [5, 5.41) is 20.0. The molecule has 0 aliphatic carbocycles. The molecule has 0 unspecified atom stereocenters. The number of benzene rings is 2. The van der Waals surface area contributed by atoms with Gasteiger partial charge in [-0.3, -0.25) is 0 Å². The summed E-state index contributed by atoms with van der Waals surface area (Å²) in [5.41, 5.74) is 9.05. The predicted octanol–water partition coefficient (Wildman–Crippen LogP) is 6.03. The highest BCUT2D eigenvalue weighted by Crippen LogP contribution is 2.42. The smallest absolute Gasteiger partial charge is 0.236 e. The van der Waals surface area contributed by atoms with Gasteiger partial charge in [0.05, 0.1) is 24.4 Å². The Labute approximate surface area is 217 Å². The number of nitriles is 1. The van der Waals surface area contributed by atoms with Gasteiger partial charge in [-0.1, -0.05) is 35.5 Å². The number of nitrogens with zero attached hydrogens (tertiary/aromatic N) is 4. The van der Waals surface area contributed by atoms with E-state index in [1.165, 1.54) is 11.8 Å². The van der Waals surface area contributed by atoms with Gasteiger partial charge in [-0.25, -0.2) is 14.8 Å². The van der Waals surface area contributed by atoms with Crippen molar-refractivity contribution in [3.63, 3.8) is 0 Å². The monoisotopic (exact) mass is 517 g/mol. The van der Waals surface area contributed by atoms with Gasteiger partial charge in [0.25, 0.3) is 0 Å². The molecular formula is C26H20ClN5O3S. The number of hydrogen-bond donors (Lipinski definition) is 2. The fraction of sp³-hybridized carbons (Fsp3) is 0.154. The second kappa shape index (κ2) is 11.1. The van der Waals surface area contributed by atoms with Crippen molar-refractivity contribution in [2.75, 3.05) is 18.9 Å². The Morgan fingerprint density at radius 1 is 1.17 bits per heavy atom. The topological polar surface area (TPSA) is 123 Å². The summed E-state index contributed by atoms with van der Waals surface area (Å²) >= 11 is 7.26. The van der Waals surface area contributed by atoms with Crippen molar-refractivity contribution in [3.05, 3.63) is 82.0 Å². The number of halogens is 1. The number of aliphatic hydroxyl groups excluding tert-OH is 1. The zero-order valence-electron chi connectivity index (χ0n) is 19.2. The zero-order valence-corrected chi connectivity index (χ0v) is 20.7. The lowest BCUT2D eigenvalue weighted by molar-refractivity contribution is 0.201. The molecule has 0 amide bonds. The van der Waals surface area contributed by atoms with Crippen molar-refractivity contribution in [2.45, 2.75) is 17.7 Å². The molecule has 2 heterocycles. The Morgan fingerprint density at radius 2 is 1.86 bits per heavy atom. The average molecular weight is 518 g/mol. The third-order valence-corrected chi connectivity index (χ3v) is 6.46. The summed E-state index contributed by atoms with van der Waals surface area (Å²) in [4.78, 5) is 12.5. The normalized spacial score (nSPS) is 10.6. The van der Waals surface area contributed by atoms with Crippen molar-refractivity contribution >= 4 is 34.9 Å². The minimum Gasteiger partial charge on any atom is -0.491 e. The van der Waals surface area contributed by atoms with Crippen LogP contribution in [0.25, 0.3) is 27.4 Å². The third-order valence-electron chi connectivity index (χ3n) is 5.22. The van der Waals surface area contributed by atoms with Crippen LogP contribution in [0.2, 0.25) is 5.02 Å². The molecule has 36 heavy (non-hydrogen) atoms. The molecule has 180 valence electrons. The van der Waals surface area contributed by atoms with Gasteiger partial charge in [0.15, 0.2) is 0 Å². The molecule has 0 atom stereocenters. The van der Waals surface area contributed by atoms with Crippen molar-refractivity contribution in [1.82, 2.24) is 9.97 Å². The standard InChI is InChI=1S/C26H20ClN5O3S/c1-15-21(31-25(35-15)17-3-7-18(27)8-4-17)14-36-26-20(13-28)22(23(30-2)24(29)32-26)16-5-9-19(10-6-16)34-12-11-33/h3-10,33H,11-12,14H2,1H3,(H2,29,32). The van der Waals surface area contributed by atoms with Crippen LogP contribution in [0.3, 0.4) is 0 Å². The van der Waals surface area contributed by atoms with E-state index in [1.807, 2.05) is 19.1 Å². The fourth-order valence-corrected chi connectivity index (χ4v) is 4.59. The van der Waals surface area contributed by atoms with E-state index in [9.17, 15) is 5.26 Å². The van der Waals surface area contributed by atoms with Crippen LogP contribution in [-0.4, -0.2) is 28.3 Å². The Kier molecular flexibility index (Phi) is 7.77. The van der Waals surface area contributed by atoms with Gasteiger partial charge in [-0.15, -0.1) is 0 Å². The highest BCUT2D eigenvalue weighted by molar-refractivity contribution is 7.98. The maximum Gasteiger partial charge on any atom is 0.236 e. The molecule has 4 rings (SSSR count). The van der Waals surface area contributed by atoms with Crippen LogP contribution >= 0.6 is 23.4 Å². The van der Waals surface area contributed by atoms with Crippen LogP contribution in [0, 0.1) is 24.8 Å². The first kappa shape index (κ1) is 25.1. The van der Waals surface area contributed by atoms with E-state index in [1.54, 1.807) is 36.4 Å². The summed E-state index contributed by atoms with van der Waals surface area (Å²) < 4.78 is 11.2. The van der Waals surface area contributed by atoms with E-state index >= 15 is 0 Å². The van der Waals surface area contributed by atoms with Crippen LogP contribution in [0.4, 0.5) is 11.5 Å². The van der Waals surface area contributed by atoms with Crippen LogP contribution in [0.5, 0.6) is 5.75 Å². The first-order chi connectivity index (χ1) is 17.4. The highest BCUT2D eigenvalue weighted by atomic mass is 35.5. The van der Waals surface area contributed by atoms with Gasteiger partial charge in [-0.2, -0.15) is 5.26 Å². The molecule has 0 saturated carbocycles. The van der Waals surface area contributed by atoms with Gasteiger partial charge < -0.3 is 20.0 Å². The molecular weight excluding hydrogens is 498 g/mol. The first-order valence-corrected chi connectivity index (χ1v) is 12.1. The van der Waals surface area contributed by atoms with Gasteiger partial charge in [0, 0.05) is 21.9 Å². The molecule has 10 heteroatoms. The minimum atomic E-state index is -0.101. The minimum absolute atomic E-state index is 0.0424. The molecule has 0 bridgehead atoms. The maximum atomic E-state index is 10.0. The van der Waals surface area contributed by atoms with E-state index < -0.39 is 0 Å². The molecule has 8 nitrogen and oxygen atoms in total. The predicted molar refractivity (Wildman–Crippen MR) is 139 cm³/mol. The third kappa shape index (κ3) is 5.29. The van der Waals surface area contributed by atoms with Crippen LogP contribution in [-0.2, 0) is 5.75 Å². The van der Waals surface area contributed by atoms with Gasteiger partial charge in [0.1, 0.15) is 35.0 Å². The summed E-state index contributed by atoms with van der Waals surface area (Å²) in [7, 11) is 0. The van der Waals surface area contributed by atoms with Gasteiger partial charge in [0.2, 0.25) is 11.6 Å². The second-order valence-corrected chi connectivity index (χ2v) is 8.94. The number of aryl methyl sites for hydroxylation is 1. The Morgan fingerprint density at radius 3 is 2.50 bits per heavy atom. The molecule has 4 aromatic rings. The molecule has 2 aromatic carbocycles. The van der Waals surface area contributed by atoms with E-state index in [0.717, 1.165) is 5.56 Å². The SMILES string of the molecule is [C-]#[N+]c1c(N)nc(SCc2nc(-c3ccc(Cl)cc3)oc2C)c(C#N)c1-c1ccc(OCCO)cc1. The average Bonchev–Trinajstić information content (AvgIpc) is 3.26. The number of nitrogens with two attached hydrogens (primary N) is 1. The molecule has 0 saturated heterocycles. The van der Waals surface area contributed by atoms with Crippen molar-refractivity contribution < 1.29 is 14.3 Å². The second-order valence-electron chi connectivity index (χ2n) is 7.54. The quantitative estimate of drug-likeness (QED) is 0.214. The van der Waals surface area contributed by atoms with E-state index in [0.29, 0.717) is 50.0 Å². The van der Waals surface area contributed by atoms with Crippen LogP contribution < -0.4 is 10.5 Å². The van der Waals surface area contributed by atoms with E-state index in [2.05, 4.69) is 20.9 Å². The Bertz CT molecular complexity index is 1470. The van der Waals surface area contributed by atoms with E-state index in [-0.39, 0.29) is 30.3 Å². The summed E-state index contributed by atoms with van der Waals surface area (Å²) in [6.45, 7) is 9.51. The number of oxazole rings is 1. The Hall–Kier alpha value is -4.02. The molecule has 2 aromatic heterocycles. The highest BCUT2D eigenvalue weighted by Gasteiger charge is 2.22. The van der Waals surface area contributed by atoms with Gasteiger partial charge >= 0.3 is 0 Å². The molecule has 0 aliphatic rings. The van der Waals surface area contributed by atoms with Crippen molar-refractivity contribution in [1.29, 1.82) is 5.26 Å². The number of thioether (sulfide) groups is 1. The number of pyridine rings is 1. The fourth-order valence-electron chi connectivity index (χ4n) is 3.47. The summed E-state index contributed by atoms with van der Waals surface area (Å²) in [6.07, 6.45) is 0. The lowest BCUT2D eigenvalue weighted by Gasteiger charge is -2.13. The van der Waals surface area contributed by atoms with Crippen molar-refractivity contribution in [2.24, 2.45) is 0 Å².